The predicted molar refractivity (Wildman–Crippen MR) is 155 cm³/mol. The summed E-state index contributed by atoms with van der Waals surface area (Å²) < 4.78 is 33.9. The second-order valence-electron chi connectivity index (χ2n) is 9.04. The Morgan fingerprint density at radius 3 is 2.42 bits per heavy atom. The van der Waals surface area contributed by atoms with E-state index in [4.69, 9.17) is 4.74 Å². The van der Waals surface area contributed by atoms with Crippen molar-refractivity contribution in [2.45, 2.75) is 29.1 Å². The molecular weight excluding hydrogens is 550 g/mol. The number of aromatic nitrogens is 3. The molecule has 0 bridgehead atoms. The molecule has 3 aromatic carbocycles. The SMILES string of the molecule is COc1cccc(-n2c(S[C@@H](C)C(=O)Nc3cccc(C(C)=O)c3)nnc2-c2cccc(S(=O)(=O)N(C)C)c2)c1. The van der Waals surface area contributed by atoms with E-state index < -0.39 is 15.3 Å². The summed E-state index contributed by atoms with van der Waals surface area (Å²) in [6.07, 6.45) is 0. The van der Waals surface area contributed by atoms with Gasteiger partial charge in [0.15, 0.2) is 16.8 Å². The van der Waals surface area contributed by atoms with E-state index in [0.29, 0.717) is 39.2 Å². The lowest BCUT2D eigenvalue weighted by Crippen LogP contribution is -2.23. The number of amides is 1. The number of nitrogens with zero attached hydrogens (tertiary/aromatic N) is 4. The van der Waals surface area contributed by atoms with Gasteiger partial charge in [-0.15, -0.1) is 10.2 Å². The summed E-state index contributed by atoms with van der Waals surface area (Å²) in [5.41, 5.74) is 2.21. The molecule has 0 aliphatic rings. The summed E-state index contributed by atoms with van der Waals surface area (Å²) in [6.45, 7) is 3.21. The number of ether oxygens (including phenoxy) is 1. The molecule has 4 rings (SSSR count). The van der Waals surface area contributed by atoms with Gasteiger partial charge in [0.2, 0.25) is 15.9 Å². The lowest BCUT2D eigenvalue weighted by molar-refractivity contribution is -0.115. The average molecular weight is 580 g/mol. The van der Waals surface area contributed by atoms with Crippen molar-refractivity contribution >= 4 is 39.2 Å². The van der Waals surface area contributed by atoms with Crippen LogP contribution in [0.1, 0.15) is 24.2 Å². The number of anilines is 1. The maximum Gasteiger partial charge on any atom is 0.242 e. The molecule has 0 aliphatic carbocycles. The highest BCUT2D eigenvalue weighted by Crippen LogP contribution is 2.32. The molecule has 0 unspecified atom stereocenters. The summed E-state index contributed by atoms with van der Waals surface area (Å²) in [4.78, 5) is 24.9. The van der Waals surface area contributed by atoms with Crippen LogP contribution in [0.3, 0.4) is 0 Å². The zero-order valence-corrected chi connectivity index (χ0v) is 24.3. The number of sulfonamides is 1. The minimum absolute atomic E-state index is 0.0973. The molecule has 1 amide bonds. The number of hydrogen-bond donors (Lipinski definition) is 1. The standard InChI is InChI=1S/C28H29N5O5S2/c1-18(34)20-9-6-11-22(15-20)29-27(35)19(2)39-28-31-30-26(33(28)23-12-8-13-24(17-23)38-5)21-10-7-14-25(16-21)40(36,37)32(3)4/h6-17,19H,1-5H3,(H,29,35)/t19-/m0/s1. The topological polar surface area (TPSA) is 123 Å². The third-order valence-electron chi connectivity index (χ3n) is 6.00. The van der Waals surface area contributed by atoms with Gasteiger partial charge in [-0.2, -0.15) is 0 Å². The Labute approximate surface area is 237 Å². The van der Waals surface area contributed by atoms with Crippen LogP contribution in [0, 0.1) is 0 Å². The Morgan fingerprint density at radius 2 is 1.73 bits per heavy atom. The van der Waals surface area contributed by atoms with Crippen molar-refractivity contribution in [3.8, 4) is 22.8 Å². The van der Waals surface area contributed by atoms with Gasteiger partial charge in [0.25, 0.3) is 0 Å². The van der Waals surface area contributed by atoms with Crippen molar-refractivity contribution in [3.63, 3.8) is 0 Å². The third-order valence-corrected chi connectivity index (χ3v) is 8.86. The van der Waals surface area contributed by atoms with E-state index in [2.05, 4.69) is 15.5 Å². The summed E-state index contributed by atoms with van der Waals surface area (Å²) >= 11 is 1.19. The highest BCUT2D eigenvalue weighted by Gasteiger charge is 2.24. The molecule has 1 atom stereocenters. The molecule has 1 N–H and O–H groups in total. The molecule has 10 nitrogen and oxygen atoms in total. The second kappa shape index (κ2) is 12.0. The van der Waals surface area contributed by atoms with Crippen molar-refractivity contribution in [1.82, 2.24) is 19.1 Å². The number of benzene rings is 3. The van der Waals surface area contributed by atoms with Crippen molar-refractivity contribution in [3.05, 3.63) is 78.4 Å². The molecule has 0 saturated carbocycles. The van der Waals surface area contributed by atoms with Gasteiger partial charge in [-0.25, -0.2) is 12.7 Å². The summed E-state index contributed by atoms with van der Waals surface area (Å²) in [7, 11) is 0.821. The number of rotatable bonds is 10. The number of methoxy groups -OCH3 is 1. The van der Waals surface area contributed by atoms with Crippen LogP contribution in [0.25, 0.3) is 17.1 Å². The lowest BCUT2D eigenvalue weighted by Gasteiger charge is -2.15. The van der Waals surface area contributed by atoms with E-state index in [1.807, 2.05) is 12.1 Å². The second-order valence-corrected chi connectivity index (χ2v) is 12.5. The van der Waals surface area contributed by atoms with E-state index in [1.54, 1.807) is 73.2 Å². The molecule has 4 aromatic rings. The van der Waals surface area contributed by atoms with Gasteiger partial charge in [-0.05, 0) is 50.2 Å². The zero-order chi connectivity index (χ0) is 29.0. The minimum atomic E-state index is -3.68. The van der Waals surface area contributed by atoms with Crippen LogP contribution >= 0.6 is 11.8 Å². The van der Waals surface area contributed by atoms with Gasteiger partial charge in [0.05, 0.1) is 22.9 Å². The van der Waals surface area contributed by atoms with Crippen LogP contribution in [0.5, 0.6) is 5.75 Å². The molecule has 12 heteroatoms. The summed E-state index contributed by atoms with van der Waals surface area (Å²) in [6, 6.07) is 20.5. The van der Waals surface area contributed by atoms with Crippen LogP contribution in [0.2, 0.25) is 0 Å². The molecule has 1 aromatic heterocycles. The first-order valence-electron chi connectivity index (χ1n) is 12.2. The summed E-state index contributed by atoms with van der Waals surface area (Å²) in [5, 5.41) is 11.4. The van der Waals surface area contributed by atoms with E-state index >= 15 is 0 Å². The van der Waals surface area contributed by atoms with Gasteiger partial charge in [-0.1, -0.05) is 42.1 Å². The number of Topliss-reactive ketones (excluding diaryl/α,β-unsaturated/α-hetero) is 1. The van der Waals surface area contributed by atoms with Gasteiger partial charge in [0, 0.05) is 37.0 Å². The molecule has 40 heavy (non-hydrogen) atoms. The number of nitrogens with one attached hydrogen (secondary N) is 1. The highest BCUT2D eigenvalue weighted by molar-refractivity contribution is 8.00. The Morgan fingerprint density at radius 1 is 1.00 bits per heavy atom. The molecule has 1 heterocycles. The Bertz CT molecular complexity index is 1670. The third kappa shape index (κ3) is 6.24. The number of hydrogen-bond acceptors (Lipinski definition) is 8. The number of ketones is 1. The molecule has 0 fully saturated rings. The number of carbonyl (C=O) groups excluding carboxylic acids is 2. The highest BCUT2D eigenvalue weighted by atomic mass is 32.2. The monoisotopic (exact) mass is 579 g/mol. The normalized spacial score (nSPS) is 12.2. The Kier molecular flexibility index (Phi) is 8.72. The number of thioether (sulfide) groups is 1. The quantitative estimate of drug-likeness (QED) is 0.215. The molecule has 0 saturated heterocycles. The van der Waals surface area contributed by atoms with E-state index in [1.165, 1.54) is 38.8 Å². The van der Waals surface area contributed by atoms with E-state index in [0.717, 1.165) is 4.31 Å². The molecule has 208 valence electrons. The molecule has 0 radical (unpaired) electrons. The molecule has 0 spiro atoms. The maximum atomic E-state index is 13.1. The predicted octanol–water partition coefficient (Wildman–Crippen LogP) is 4.52. The fraction of sp³-hybridized carbons (Fsp3) is 0.214. The molecule has 0 aliphatic heterocycles. The van der Waals surface area contributed by atoms with Gasteiger partial charge < -0.3 is 10.1 Å². The minimum Gasteiger partial charge on any atom is -0.497 e. The van der Waals surface area contributed by atoms with Gasteiger partial charge >= 0.3 is 0 Å². The molecular formula is C28H29N5O5S2. The van der Waals surface area contributed by atoms with Crippen molar-refractivity contribution in [2.24, 2.45) is 0 Å². The fourth-order valence-corrected chi connectivity index (χ4v) is 5.61. The Hall–Kier alpha value is -4.00. The van der Waals surface area contributed by atoms with Crippen LogP contribution < -0.4 is 10.1 Å². The van der Waals surface area contributed by atoms with Crippen LogP contribution in [-0.4, -0.2) is 65.6 Å². The number of carbonyl (C=O) groups is 2. The average Bonchev–Trinajstić information content (AvgIpc) is 3.36. The van der Waals surface area contributed by atoms with Crippen LogP contribution in [0.4, 0.5) is 5.69 Å². The lowest BCUT2D eigenvalue weighted by atomic mass is 10.1. The van der Waals surface area contributed by atoms with E-state index in [-0.39, 0.29) is 16.6 Å². The fourth-order valence-electron chi connectivity index (χ4n) is 3.79. The van der Waals surface area contributed by atoms with Gasteiger partial charge in [0.1, 0.15) is 5.75 Å². The van der Waals surface area contributed by atoms with Crippen molar-refractivity contribution in [2.75, 3.05) is 26.5 Å². The van der Waals surface area contributed by atoms with E-state index in [9.17, 15) is 18.0 Å². The zero-order valence-electron chi connectivity index (χ0n) is 22.7. The maximum absolute atomic E-state index is 13.1. The smallest absolute Gasteiger partial charge is 0.242 e. The van der Waals surface area contributed by atoms with Crippen molar-refractivity contribution in [1.29, 1.82) is 0 Å². The first-order valence-corrected chi connectivity index (χ1v) is 14.5. The first-order chi connectivity index (χ1) is 19.0. The van der Waals surface area contributed by atoms with Crippen LogP contribution in [-0.2, 0) is 14.8 Å². The van der Waals surface area contributed by atoms with Gasteiger partial charge in [-0.3, -0.25) is 14.2 Å². The van der Waals surface area contributed by atoms with Crippen LogP contribution in [0.15, 0.2) is 82.8 Å². The van der Waals surface area contributed by atoms with Crippen molar-refractivity contribution < 1.29 is 22.7 Å². The largest absolute Gasteiger partial charge is 0.497 e. The first kappa shape index (κ1) is 29.0. The summed E-state index contributed by atoms with van der Waals surface area (Å²) in [5.74, 6) is 0.618. The Balaban J connectivity index is 1.72.